The standard InChI is InChI=1S/C25H29FN4O2S/c1-17-7-8-18(2)22(13-17)30-19(3)28-29-24(30)33-15-23(31)27-16-25(9-11-32-12-10-25)20-5-4-6-21(26)14-20/h4-8,13-14H,9-12,15-16H2,1-3H3,(H,27,31). The van der Waals surface area contributed by atoms with Gasteiger partial charge < -0.3 is 10.1 Å². The molecule has 3 aromatic rings. The molecule has 6 nitrogen and oxygen atoms in total. The molecule has 8 heteroatoms. The number of halogens is 1. The zero-order valence-electron chi connectivity index (χ0n) is 19.2. The van der Waals surface area contributed by atoms with E-state index in [1.54, 1.807) is 12.1 Å². The van der Waals surface area contributed by atoms with E-state index < -0.39 is 0 Å². The second-order valence-electron chi connectivity index (χ2n) is 8.62. The van der Waals surface area contributed by atoms with Gasteiger partial charge in [0.15, 0.2) is 5.16 Å². The van der Waals surface area contributed by atoms with Crippen LogP contribution in [-0.4, -0.2) is 46.2 Å². The minimum Gasteiger partial charge on any atom is -0.381 e. The summed E-state index contributed by atoms with van der Waals surface area (Å²) >= 11 is 1.36. The van der Waals surface area contributed by atoms with Crippen LogP contribution in [0, 0.1) is 26.6 Å². The number of carbonyl (C=O) groups excluding carboxylic acids is 1. The number of ether oxygens (including phenoxy) is 1. The molecule has 1 aliphatic heterocycles. The maximum Gasteiger partial charge on any atom is 0.230 e. The number of aryl methyl sites for hydroxylation is 3. The van der Waals surface area contributed by atoms with Crippen molar-refractivity contribution in [3.8, 4) is 5.69 Å². The third-order valence-electron chi connectivity index (χ3n) is 6.24. The Kier molecular flexibility index (Phi) is 7.14. The highest BCUT2D eigenvalue weighted by Gasteiger charge is 2.35. The lowest BCUT2D eigenvalue weighted by Crippen LogP contribution is -2.45. The molecule has 0 atom stereocenters. The lowest BCUT2D eigenvalue weighted by Gasteiger charge is -2.38. The Labute approximate surface area is 197 Å². The van der Waals surface area contributed by atoms with Crippen LogP contribution in [-0.2, 0) is 14.9 Å². The third kappa shape index (κ3) is 5.28. The van der Waals surface area contributed by atoms with Crippen molar-refractivity contribution in [2.24, 2.45) is 0 Å². The van der Waals surface area contributed by atoms with Gasteiger partial charge in [0.1, 0.15) is 11.6 Å². The number of amides is 1. The number of benzene rings is 2. The minimum atomic E-state index is -0.323. The summed E-state index contributed by atoms with van der Waals surface area (Å²) in [4.78, 5) is 12.8. The lowest BCUT2D eigenvalue weighted by atomic mass is 9.74. The van der Waals surface area contributed by atoms with Crippen molar-refractivity contribution < 1.29 is 13.9 Å². The van der Waals surface area contributed by atoms with Crippen LogP contribution < -0.4 is 5.32 Å². The molecule has 1 N–H and O–H groups in total. The summed E-state index contributed by atoms with van der Waals surface area (Å²) in [5.74, 6) is 0.648. The summed E-state index contributed by atoms with van der Waals surface area (Å²) in [6, 6.07) is 12.9. The van der Waals surface area contributed by atoms with Crippen molar-refractivity contribution in [2.45, 2.75) is 44.2 Å². The molecule has 4 rings (SSSR count). The Bertz CT molecular complexity index is 1140. The van der Waals surface area contributed by atoms with Crippen LogP contribution in [0.3, 0.4) is 0 Å². The van der Waals surface area contributed by atoms with E-state index in [-0.39, 0.29) is 22.9 Å². The first-order valence-electron chi connectivity index (χ1n) is 11.1. The summed E-state index contributed by atoms with van der Waals surface area (Å²) in [5.41, 5.74) is 3.87. The predicted octanol–water partition coefficient (Wildman–Crippen LogP) is 4.29. The van der Waals surface area contributed by atoms with Crippen molar-refractivity contribution in [1.82, 2.24) is 20.1 Å². The first kappa shape index (κ1) is 23.4. The number of carbonyl (C=O) groups is 1. The van der Waals surface area contributed by atoms with Crippen molar-refractivity contribution in [1.29, 1.82) is 0 Å². The van der Waals surface area contributed by atoms with Gasteiger partial charge in [0.25, 0.3) is 0 Å². The number of rotatable bonds is 7. The zero-order chi connectivity index (χ0) is 23.4. The van der Waals surface area contributed by atoms with Crippen molar-refractivity contribution >= 4 is 17.7 Å². The Balaban J connectivity index is 1.44. The minimum absolute atomic E-state index is 0.0876. The van der Waals surface area contributed by atoms with Crippen LogP contribution in [0.25, 0.3) is 5.69 Å². The van der Waals surface area contributed by atoms with Gasteiger partial charge in [0.2, 0.25) is 5.91 Å². The van der Waals surface area contributed by atoms with Crippen molar-refractivity contribution in [3.05, 3.63) is 70.8 Å². The van der Waals surface area contributed by atoms with Crippen LogP contribution in [0.2, 0.25) is 0 Å². The van der Waals surface area contributed by atoms with Gasteiger partial charge in [-0.1, -0.05) is 36.0 Å². The average Bonchev–Trinajstić information content (AvgIpc) is 3.18. The van der Waals surface area contributed by atoms with E-state index in [4.69, 9.17) is 4.74 Å². The van der Waals surface area contributed by atoms with Gasteiger partial charge in [0.05, 0.1) is 11.4 Å². The highest BCUT2D eigenvalue weighted by molar-refractivity contribution is 7.99. The number of hydrogen-bond acceptors (Lipinski definition) is 5. The first-order valence-corrected chi connectivity index (χ1v) is 12.1. The molecule has 1 aromatic heterocycles. The van der Waals surface area contributed by atoms with Crippen LogP contribution >= 0.6 is 11.8 Å². The van der Waals surface area contributed by atoms with E-state index in [1.165, 1.54) is 17.8 Å². The average molecular weight is 469 g/mol. The van der Waals surface area contributed by atoms with E-state index >= 15 is 0 Å². The molecule has 1 saturated heterocycles. The second kappa shape index (κ2) is 10.1. The summed E-state index contributed by atoms with van der Waals surface area (Å²) in [6.07, 6.45) is 1.48. The number of hydrogen-bond donors (Lipinski definition) is 1. The molecule has 0 spiro atoms. The molecular weight excluding hydrogens is 439 g/mol. The molecule has 2 aromatic carbocycles. The summed E-state index contributed by atoms with van der Waals surface area (Å²) in [6.45, 7) is 7.65. The first-order chi connectivity index (χ1) is 15.9. The topological polar surface area (TPSA) is 69.0 Å². The number of thioether (sulfide) groups is 1. The van der Waals surface area contributed by atoms with Crippen molar-refractivity contribution in [2.75, 3.05) is 25.5 Å². The maximum absolute atomic E-state index is 13.9. The summed E-state index contributed by atoms with van der Waals surface area (Å²) in [7, 11) is 0. The van der Waals surface area contributed by atoms with Crippen LogP contribution in [0.15, 0.2) is 47.6 Å². The highest BCUT2D eigenvalue weighted by Crippen LogP contribution is 2.34. The summed E-state index contributed by atoms with van der Waals surface area (Å²) < 4.78 is 21.4. The highest BCUT2D eigenvalue weighted by atomic mass is 32.2. The maximum atomic E-state index is 13.9. The Morgan fingerprint density at radius 1 is 1.15 bits per heavy atom. The molecule has 0 saturated carbocycles. The van der Waals surface area contributed by atoms with Gasteiger partial charge >= 0.3 is 0 Å². The Morgan fingerprint density at radius 2 is 1.94 bits per heavy atom. The van der Waals surface area contributed by atoms with Gasteiger partial charge in [-0.15, -0.1) is 10.2 Å². The Morgan fingerprint density at radius 3 is 2.70 bits per heavy atom. The molecule has 0 unspecified atom stereocenters. The molecule has 0 bridgehead atoms. The fourth-order valence-electron chi connectivity index (χ4n) is 4.27. The molecule has 1 fully saturated rings. The smallest absolute Gasteiger partial charge is 0.230 e. The monoisotopic (exact) mass is 468 g/mol. The fraction of sp³-hybridized carbons (Fsp3) is 0.400. The lowest BCUT2D eigenvalue weighted by molar-refractivity contribution is -0.119. The molecule has 174 valence electrons. The van der Waals surface area contributed by atoms with E-state index in [9.17, 15) is 9.18 Å². The Hall–Kier alpha value is -2.71. The predicted molar refractivity (Wildman–Crippen MR) is 127 cm³/mol. The molecule has 33 heavy (non-hydrogen) atoms. The van der Waals surface area contributed by atoms with Crippen LogP contribution in [0.5, 0.6) is 0 Å². The van der Waals surface area contributed by atoms with E-state index in [1.807, 2.05) is 24.5 Å². The van der Waals surface area contributed by atoms with Gasteiger partial charge in [0, 0.05) is 25.2 Å². The zero-order valence-corrected chi connectivity index (χ0v) is 20.0. The van der Waals surface area contributed by atoms with Crippen LogP contribution in [0.4, 0.5) is 4.39 Å². The largest absolute Gasteiger partial charge is 0.381 e. The third-order valence-corrected chi connectivity index (χ3v) is 7.17. The molecular formula is C25H29FN4O2S. The van der Waals surface area contributed by atoms with Gasteiger partial charge in [-0.25, -0.2) is 4.39 Å². The van der Waals surface area contributed by atoms with Crippen molar-refractivity contribution in [3.63, 3.8) is 0 Å². The number of nitrogens with zero attached hydrogens (tertiary/aromatic N) is 3. The normalized spacial score (nSPS) is 15.4. The van der Waals surface area contributed by atoms with Gasteiger partial charge in [-0.05, 0) is 68.5 Å². The summed E-state index contributed by atoms with van der Waals surface area (Å²) in [5, 5.41) is 12.3. The van der Waals surface area contributed by atoms with E-state index in [0.29, 0.717) is 24.9 Å². The second-order valence-corrected chi connectivity index (χ2v) is 9.57. The molecule has 2 heterocycles. The number of nitrogens with one attached hydrogen (secondary N) is 1. The molecule has 1 aliphatic rings. The fourth-order valence-corrected chi connectivity index (χ4v) is 5.09. The molecule has 0 aliphatic carbocycles. The molecule has 0 radical (unpaired) electrons. The van der Waals surface area contributed by atoms with Gasteiger partial charge in [-0.2, -0.15) is 0 Å². The van der Waals surface area contributed by atoms with E-state index in [2.05, 4.69) is 40.6 Å². The quantitative estimate of drug-likeness (QED) is 0.524. The van der Waals surface area contributed by atoms with Crippen LogP contribution in [0.1, 0.15) is 35.4 Å². The van der Waals surface area contributed by atoms with Gasteiger partial charge in [-0.3, -0.25) is 9.36 Å². The van der Waals surface area contributed by atoms with E-state index in [0.717, 1.165) is 41.0 Å². The SMILES string of the molecule is Cc1ccc(C)c(-n2c(C)nnc2SCC(=O)NCC2(c3cccc(F)c3)CCOCC2)c1. The molecule has 1 amide bonds. The number of aromatic nitrogens is 3.